The first kappa shape index (κ1) is 13.7. The van der Waals surface area contributed by atoms with Crippen molar-refractivity contribution in [3.05, 3.63) is 34.3 Å². The standard InChI is InChI=1S/C14H17Cl2NO/c1-9-6-7-17(8-12(9)15)14(18)11-5-3-4-10(2)13(11)16/h3-5,9,12H,6-8H2,1-2H3. The van der Waals surface area contributed by atoms with Gasteiger partial charge in [-0.3, -0.25) is 4.79 Å². The van der Waals surface area contributed by atoms with Gasteiger partial charge in [0.1, 0.15) is 0 Å². The molecule has 1 saturated heterocycles. The number of nitrogens with zero attached hydrogens (tertiary/aromatic N) is 1. The van der Waals surface area contributed by atoms with Crippen LogP contribution in [0.3, 0.4) is 0 Å². The maximum atomic E-state index is 12.4. The predicted octanol–water partition coefficient (Wildman–Crippen LogP) is 3.74. The third-order valence-electron chi connectivity index (χ3n) is 3.58. The van der Waals surface area contributed by atoms with Crippen LogP contribution in [0.25, 0.3) is 0 Å². The number of carbonyl (C=O) groups is 1. The van der Waals surface area contributed by atoms with Crippen molar-refractivity contribution in [1.29, 1.82) is 0 Å². The van der Waals surface area contributed by atoms with Gasteiger partial charge in [0, 0.05) is 13.1 Å². The van der Waals surface area contributed by atoms with E-state index in [1.807, 2.05) is 19.1 Å². The highest BCUT2D eigenvalue weighted by molar-refractivity contribution is 6.34. The van der Waals surface area contributed by atoms with Crippen LogP contribution in [0.4, 0.5) is 0 Å². The number of aryl methyl sites for hydroxylation is 1. The first-order valence-electron chi connectivity index (χ1n) is 6.19. The summed E-state index contributed by atoms with van der Waals surface area (Å²) in [5, 5.41) is 0.582. The van der Waals surface area contributed by atoms with Crippen molar-refractivity contribution in [3.8, 4) is 0 Å². The van der Waals surface area contributed by atoms with Crippen LogP contribution in [0.1, 0.15) is 29.3 Å². The lowest BCUT2D eigenvalue weighted by Gasteiger charge is -2.34. The SMILES string of the molecule is Cc1cccc(C(=O)N2CCC(C)C(Cl)C2)c1Cl. The van der Waals surface area contributed by atoms with E-state index in [-0.39, 0.29) is 11.3 Å². The summed E-state index contributed by atoms with van der Waals surface area (Å²) < 4.78 is 0. The van der Waals surface area contributed by atoms with Gasteiger partial charge in [-0.25, -0.2) is 0 Å². The zero-order chi connectivity index (χ0) is 13.3. The van der Waals surface area contributed by atoms with E-state index < -0.39 is 0 Å². The lowest BCUT2D eigenvalue weighted by Crippen LogP contribution is -2.43. The Hall–Kier alpha value is -0.730. The lowest BCUT2D eigenvalue weighted by molar-refractivity contribution is 0.0701. The second-order valence-corrected chi connectivity index (χ2v) is 5.91. The van der Waals surface area contributed by atoms with E-state index in [9.17, 15) is 4.79 Å². The second-order valence-electron chi connectivity index (χ2n) is 4.97. The van der Waals surface area contributed by atoms with Gasteiger partial charge in [-0.15, -0.1) is 11.6 Å². The molecule has 1 aromatic carbocycles. The van der Waals surface area contributed by atoms with Gasteiger partial charge in [-0.2, -0.15) is 0 Å². The molecule has 1 aromatic rings. The molecule has 2 atom stereocenters. The first-order valence-corrected chi connectivity index (χ1v) is 7.00. The van der Waals surface area contributed by atoms with Crippen LogP contribution in [0.2, 0.25) is 5.02 Å². The van der Waals surface area contributed by atoms with Crippen molar-refractivity contribution in [2.75, 3.05) is 13.1 Å². The molecule has 1 amide bonds. The summed E-state index contributed by atoms with van der Waals surface area (Å²) >= 11 is 12.4. The number of carbonyl (C=O) groups excluding carboxylic acids is 1. The Morgan fingerprint density at radius 2 is 2.17 bits per heavy atom. The number of halogens is 2. The fourth-order valence-electron chi connectivity index (χ4n) is 2.19. The van der Waals surface area contributed by atoms with Gasteiger partial charge < -0.3 is 4.90 Å². The normalized spacial score (nSPS) is 24.1. The Kier molecular flexibility index (Phi) is 4.18. The van der Waals surface area contributed by atoms with E-state index in [1.165, 1.54) is 0 Å². The molecule has 0 aliphatic carbocycles. The van der Waals surface area contributed by atoms with Crippen LogP contribution >= 0.6 is 23.2 Å². The highest BCUT2D eigenvalue weighted by Gasteiger charge is 2.28. The van der Waals surface area contributed by atoms with Gasteiger partial charge in [0.15, 0.2) is 0 Å². The smallest absolute Gasteiger partial charge is 0.255 e. The molecular weight excluding hydrogens is 269 g/mol. The maximum Gasteiger partial charge on any atom is 0.255 e. The van der Waals surface area contributed by atoms with Crippen LogP contribution in [0, 0.1) is 12.8 Å². The van der Waals surface area contributed by atoms with E-state index in [0.717, 1.165) is 18.5 Å². The summed E-state index contributed by atoms with van der Waals surface area (Å²) in [5.41, 5.74) is 1.51. The van der Waals surface area contributed by atoms with Gasteiger partial charge in [-0.1, -0.05) is 30.7 Å². The van der Waals surface area contributed by atoms with Crippen molar-refractivity contribution in [3.63, 3.8) is 0 Å². The third-order valence-corrected chi connectivity index (χ3v) is 4.65. The van der Waals surface area contributed by atoms with E-state index in [4.69, 9.17) is 23.2 Å². The average molecular weight is 286 g/mol. The second kappa shape index (κ2) is 5.50. The Labute approximate surface area is 118 Å². The molecule has 1 aliphatic rings. The van der Waals surface area contributed by atoms with Crippen molar-refractivity contribution in [2.24, 2.45) is 5.92 Å². The third kappa shape index (κ3) is 2.65. The number of amides is 1. The number of hydrogen-bond donors (Lipinski definition) is 0. The highest BCUT2D eigenvalue weighted by atomic mass is 35.5. The van der Waals surface area contributed by atoms with E-state index in [1.54, 1.807) is 11.0 Å². The molecule has 2 rings (SSSR count). The average Bonchev–Trinajstić information content (AvgIpc) is 2.35. The number of rotatable bonds is 1. The van der Waals surface area contributed by atoms with Crippen LogP contribution in [-0.2, 0) is 0 Å². The highest BCUT2D eigenvalue weighted by Crippen LogP contribution is 2.26. The molecule has 1 fully saturated rings. The van der Waals surface area contributed by atoms with Gasteiger partial charge in [0.25, 0.3) is 5.91 Å². The van der Waals surface area contributed by atoms with Crippen LogP contribution in [-0.4, -0.2) is 29.3 Å². The molecule has 98 valence electrons. The van der Waals surface area contributed by atoms with E-state index in [2.05, 4.69) is 6.92 Å². The number of hydrogen-bond acceptors (Lipinski definition) is 1. The van der Waals surface area contributed by atoms with Gasteiger partial charge in [0.05, 0.1) is 16.0 Å². The molecular formula is C14H17Cl2NO. The van der Waals surface area contributed by atoms with Gasteiger partial charge >= 0.3 is 0 Å². The number of alkyl halides is 1. The molecule has 1 heterocycles. The molecule has 0 bridgehead atoms. The summed E-state index contributed by atoms with van der Waals surface area (Å²) in [6, 6.07) is 5.54. The summed E-state index contributed by atoms with van der Waals surface area (Å²) in [5.74, 6) is 0.449. The molecule has 2 nitrogen and oxygen atoms in total. The lowest BCUT2D eigenvalue weighted by atomic mass is 9.98. The summed E-state index contributed by atoms with van der Waals surface area (Å²) in [4.78, 5) is 14.2. The first-order chi connectivity index (χ1) is 8.50. The molecule has 4 heteroatoms. The van der Waals surface area contributed by atoms with E-state index in [0.29, 0.717) is 23.0 Å². The molecule has 0 N–H and O–H groups in total. The van der Waals surface area contributed by atoms with Crippen LogP contribution < -0.4 is 0 Å². The van der Waals surface area contributed by atoms with Gasteiger partial charge in [0.2, 0.25) is 0 Å². The summed E-state index contributed by atoms with van der Waals surface area (Å²) in [6.45, 7) is 5.39. The Bertz CT molecular complexity index is 461. The number of piperidine rings is 1. The maximum absolute atomic E-state index is 12.4. The zero-order valence-electron chi connectivity index (χ0n) is 10.6. The molecule has 1 aliphatic heterocycles. The Morgan fingerprint density at radius 1 is 1.44 bits per heavy atom. The van der Waals surface area contributed by atoms with Crippen molar-refractivity contribution < 1.29 is 4.79 Å². The zero-order valence-corrected chi connectivity index (χ0v) is 12.1. The molecule has 2 unspecified atom stereocenters. The van der Waals surface area contributed by atoms with Gasteiger partial charge in [-0.05, 0) is 30.9 Å². The number of benzene rings is 1. The molecule has 0 saturated carbocycles. The minimum absolute atomic E-state index is 0.0127. The Morgan fingerprint density at radius 3 is 2.83 bits per heavy atom. The topological polar surface area (TPSA) is 20.3 Å². The molecule has 18 heavy (non-hydrogen) atoms. The summed E-state index contributed by atoms with van der Waals surface area (Å²) in [7, 11) is 0. The monoisotopic (exact) mass is 285 g/mol. The molecule has 0 aromatic heterocycles. The van der Waals surface area contributed by atoms with E-state index >= 15 is 0 Å². The van der Waals surface area contributed by atoms with Crippen molar-refractivity contribution >= 4 is 29.1 Å². The Balaban J connectivity index is 2.19. The predicted molar refractivity (Wildman–Crippen MR) is 75.5 cm³/mol. The largest absolute Gasteiger partial charge is 0.337 e. The van der Waals surface area contributed by atoms with Crippen molar-refractivity contribution in [1.82, 2.24) is 4.90 Å². The number of likely N-dealkylation sites (tertiary alicyclic amines) is 1. The molecule has 0 spiro atoms. The van der Waals surface area contributed by atoms with Crippen molar-refractivity contribution in [2.45, 2.75) is 25.6 Å². The minimum atomic E-state index is -0.0127. The minimum Gasteiger partial charge on any atom is -0.337 e. The van der Waals surface area contributed by atoms with Crippen LogP contribution in [0.15, 0.2) is 18.2 Å². The fraction of sp³-hybridized carbons (Fsp3) is 0.500. The molecule has 0 radical (unpaired) electrons. The fourth-order valence-corrected chi connectivity index (χ4v) is 2.69. The quantitative estimate of drug-likeness (QED) is 0.720. The van der Waals surface area contributed by atoms with Crippen LogP contribution in [0.5, 0.6) is 0 Å². The summed E-state index contributed by atoms with van der Waals surface area (Å²) in [6.07, 6.45) is 0.948.